The number of carbonyl (C=O) groups is 2. The van der Waals surface area contributed by atoms with Gasteiger partial charge in [-0.1, -0.05) is 36.4 Å². The topological polar surface area (TPSA) is 76.1 Å². The Morgan fingerprint density at radius 1 is 1.14 bits per heavy atom. The van der Waals surface area contributed by atoms with E-state index in [-0.39, 0.29) is 24.0 Å². The highest BCUT2D eigenvalue weighted by Crippen LogP contribution is 2.22. The molecule has 2 aromatic carbocycles. The number of carboxylic acid groups (broad SMARTS) is 1. The van der Waals surface area contributed by atoms with E-state index in [1.54, 1.807) is 30.2 Å². The van der Waals surface area contributed by atoms with Crippen LogP contribution in [0.1, 0.15) is 34.3 Å². The largest absolute Gasteiger partial charge is 0.496 e. The quantitative estimate of drug-likeness (QED) is 0.758. The fourth-order valence-electron chi connectivity index (χ4n) is 3.49. The van der Waals surface area contributed by atoms with E-state index in [4.69, 9.17) is 9.47 Å². The fraction of sp³-hybridized carbons (Fsp3) is 0.364. The van der Waals surface area contributed by atoms with Crippen molar-refractivity contribution in [3.05, 3.63) is 65.2 Å². The average Bonchev–Trinajstić information content (AvgIpc) is 3.21. The minimum absolute atomic E-state index is 0.00775. The maximum Gasteiger partial charge on any atom is 0.335 e. The average molecular weight is 383 g/mol. The van der Waals surface area contributed by atoms with E-state index in [2.05, 4.69) is 0 Å². The van der Waals surface area contributed by atoms with E-state index in [0.717, 1.165) is 24.2 Å². The van der Waals surface area contributed by atoms with Crippen LogP contribution in [0.3, 0.4) is 0 Å². The summed E-state index contributed by atoms with van der Waals surface area (Å²) in [5, 5.41) is 9.39. The lowest BCUT2D eigenvalue weighted by Crippen LogP contribution is -2.38. The number of nitrogens with zero attached hydrogens (tertiary/aromatic N) is 1. The van der Waals surface area contributed by atoms with Crippen molar-refractivity contribution in [2.75, 3.05) is 20.3 Å². The zero-order chi connectivity index (χ0) is 19.9. The Balaban J connectivity index is 1.81. The Labute approximate surface area is 164 Å². The van der Waals surface area contributed by atoms with Gasteiger partial charge in [0, 0.05) is 25.3 Å². The molecule has 6 heteroatoms. The first-order valence-electron chi connectivity index (χ1n) is 9.41. The van der Waals surface area contributed by atoms with Crippen molar-refractivity contribution in [3.63, 3.8) is 0 Å². The number of aromatic carboxylic acids is 1. The Kier molecular flexibility index (Phi) is 6.66. The van der Waals surface area contributed by atoms with Crippen molar-refractivity contribution < 1.29 is 24.2 Å². The monoisotopic (exact) mass is 383 g/mol. The standard InChI is InChI=1S/C22H25NO5/c1-27-20-11-5-3-8-17(20)14-23(15-18-9-6-12-28-18)21(24)13-16-7-2-4-10-19(16)22(25)26/h2-5,7-8,10-11,18H,6,9,12-15H2,1H3,(H,25,26). The molecule has 0 saturated carbocycles. The zero-order valence-corrected chi connectivity index (χ0v) is 16.0. The van der Waals surface area contributed by atoms with Gasteiger partial charge in [0.25, 0.3) is 0 Å². The van der Waals surface area contributed by atoms with Gasteiger partial charge in [0.1, 0.15) is 5.75 Å². The molecular formula is C22H25NO5. The van der Waals surface area contributed by atoms with Gasteiger partial charge in [0.15, 0.2) is 0 Å². The van der Waals surface area contributed by atoms with Gasteiger partial charge in [0.2, 0.25) is 5.91 Å². The molecule has 2 aromatic rings. The number of carboxylic acids is 1. The molecule has 0 spiro atoms. The lowest BCUT2D eigenvalue weighted by Gasteiger charge is -2.26. The second kappa shape index (κ2) is 9.37. The lowest BCUT2D eigenvalue weighted by atomic mass is 10.0. The second-order valence-corrected chi connectivity index (χ2v) is 6.86. The molecule has 1 atom stereocenters. The van der Waals surface area contributed by atoms with Gasteiger partial charge in [-0.25, -0.2) is 4.79 Å². The van der Waals surface area contributed by atoms with Crippen LogP contribution in [0, 0.1) is 0 Å². The predicted molar refractivity (Wildman–Crippen MR) is 104 cm³/mol. The van der Waals surface area contributed by atoms with E-state index >= 15 is 0 Å². The van der Waals surface area contributed by atoms with Crippen LogP contribution in [0.4, 0.5) is 0 Å². The summed E-state index contributed by atoms with van der Waals surface area (Å²) >= 11 is 0. The molecule has 1 aliphatic heterocycles. The van der Waals surface area contributed by atoms with E-state index in [0.29, 0.717) is 25.3 Å². The molecule has 1 N–H and O–H groups in total. The van der Waals surface area contributed by atoms with Crippen molar-refractivity contribution in [2.45, 2.75) is 31.9 Å². The van der Waals surface area contributed by atoms with E-state index in [1.165, 1.54) is 6.07 Å². The highest BCUT2D eigenvalue weighted by Gasteiger charge is 2.24. The SMILES string of the molecule is COc1ccccc1CN(CC1CCCO1)C(=O)Cc1ccccc1C(=O)O. The normalized spacial score (nSPS) is 16.0. The van der Waals surface area contributed by atoms with Crippen molar-refractivity contribution in [1.82, 2.24) is 4.90 Å². The maximum atomic E-state index is 13.1. The molecule has 0 bridgehead atoms. The Morgan fingerprint density at radius 3 is 2.54 bits per heavy atom. The summed E-state index contributed by atoms with van der Waals surface area (Å²) in [6.07, 6.45) is 1.95. The van der Waals surface area contributed by atoms with Gasteiger partial charge >= 0.3 is 5.97 Å². The Bertz CT molecular complexity index is 829. The number of rotatable bonds is 8. The first-order chi connectivity index (χ1) is 13.6. The van der Waals surface area contributed by atoms with Crippen LogP contribution in [0.25, 0.3) is 0 Å². The van der Waals surface area contributed by atoms with Gasteiger partial charge < -0.3 is 19.5 Å². The summed E-state index contributed by atoms with van der Waals surface area (Å²) in [5.74, 6) is -0.438. The van der Waals surface area contributed by atoms with Gasteiger partial charge in [0.05, 0.1) is 25.2 Å². The van der Waals surface area contributed by atoms with Crippen LogP contribution in [-0.2, 0) is 22.5 Å². The summed E-state index contributed by atoms with van der Waals surface area (Å²) in [5.41, 5.74) is 1.57. The number of benzene rings is 2. The Morgan fingerprint density at radius 2 is 1.86 bits per heavy atom. The summed E-state index contributed by atoms with van der Waals surface area (Å²) < 4.78 is 11.1. The molecule has 1 saturated heterocycles. The number of hydrogen-bond donors (Lipinski definition) is 1. The molecule has 1 fully saturated rings. The molecule has 1 aliphatic rings. The first kappa shape index (κ1) is 19.9. The second-order valence-electron chi connectivity index (χ2n) is 6.86. The number of carbonyl (C=O) groups excluding carboxylic acids is 1. The minimum atomic E-state index is -1.03. The summed E-state index contributed by atoms with van der Waals surface area (Å²) in [6.45, 7) is 1.58. The van der Waals surface area contributed by atoms with Crippen LogP contribution in [0.15, 0.2) is 48.5 Å². The fourth-order valence-corrected chi connectivity index (χ4v) is 3.49. The lowest BCUT2D eigenvalue weighted by molar-refractivity contribution is -0.132. The van der Waals surface area contributed by atoms with Crippen molar-refractivity contribution in [1.29, 1.82) is 0 Å². The first-order valence-corrected chi connectivity index (χ1v) is 9.41. The third-order valence-electron chi connectivity index (χ3n) is 4.94. The van der Waals surface area contributed by atoms with Gasteiger partial charge in [-0.15, -0.1) is 0 Å². The van der Waals surface area contributed by atoms with Crippen LogP contribution in [-0.4, -0.2) is 48.2 Å². The van der Waals surface area contributed by atoms with Crippen LogP contribution in [0.5, 0.6) is 5.75 Å². The van der Waals surface area contributed by atoms with Gasteiger partial charge in [-0.3, -0.25) is 4.79 Å². The molecule has 1 heterocycles. The van der Waals surface area contributed by atoms with Gasteiger partial charge in [-0.05, 0) is 30.5 Å². The molecule has 0 aromatic heterocycles. The molecule has 0 aliphatic carbocycles. The third kappa shape index (κ3) is 4.89. The highest BCUT2D eigenvalue weighted by molar-refractivity contribution is 5.91. The minimum Gasteiger partial charge on any atom is -0.496 e. The molecule has 6 nitrogen and oxygen atoms in total. The third-order valence-corrected chi connectivity index (χ3v) is 4.94. The molecule has 0 radical (unpaired) electrons. The van der Waals surface area contributed by atoms with Crippen molar-refractivity contribution in [2.24, 2.45) is 0 Å². The van der Waals surface area contributed by atoms with E-state index in [1.807, 2.05) is 24.3 Å². The highest BCUT2D eigenvalue weighted by atomic mass is 16.5. The smallest absolute Gasteiger partial charge is 0.335 e. The molecule has 3 rings (SSSR count). The molecule has 1 unspecified atom stereocenters. The number of ether oxygens (including phenoxy) is 2. The van der Waals surface area contributed by atoms with Gasteiger partial charge in [-0.2, -0.15) is 0 Å². The molecule has 28 heavy (non-hydrogen) atoms. The van der Waals surface area contributed by atoms with Crippen LogP contribution < -0.4 is 4.74 Å². The van der Waals surface area contributed by atoms with E-state index in [9.17, 15) is 14.7 Å². The number of hydrogen-bond acceptors (Lipinski definition) is 4. The summed E-state index contributed by atoms with van der Waals surface area (Å²) in [7, 11) is 1.61. The molecule has 148 valence electrons. The van der Waals surface area contributed by atoms with E-state index < -0.39 is 5.97 Å². The maximum absolute atomic E-state index is 13.1. The summed E-state index contributed by atoms with van der Waals surface area (Å²) in [6, 6.07) is 14.2. The number of para-hydroxylation sites is 1. The Hall–Kier alpha value is -2.86. The number of amides is 1. The zero-order valence-electron chi connectivity index (χ0n) is 16.0. The summed E-state index contributed by atoms with van der Waals surface area (Å²) in [4.78, 5) is 26.3. The van der Waals surface area contributed by atoms with Crippen LogP contribution in [0.2, 0.25) is 0 Å². The molecular weight excluding hydrogens is 358 g/mol. The van der Waals surface area contributed by atoms with Crippen LogP contribution >= 0.6 is 0 Å². The number of methoxy groups -OCH3 is 1. The van der Waals surface area contributed by atoms with Crippen molar-refractivity contribution >= 4 is 11.9 Å². The predicted octanol–water partition coefficient (Wildman–Crippen LogP) is 3.14. The molecule has 1 amide bonds. The van der Waals surface area contributed by atoms with Crippen molar-refractivity contribution in [3.8, 4) is 5.75 Å².